The molecule has 1 aliphatic heterocycles. The van der Waals surface area contributed by atoms with Crippen molar-refractivity contribution in [3.05, 3.63) is 53.6 Å². The summed E-state index contributed by atoms with van der Waals surface area (Å²) < 4.78 is 5.78. The number of nitrogens with zero attached hydrogens (tertiary/aromatic N) is 2. The molecule has 1 atom stereocenters. The minimum Gasteiger partial charge on any atom is -0.492 e. The Labute approximate surface area is 173 Å². The van der Waals surface area contributed by atoms with Crippen LogP contribution in [-0.2, 0) is 17.6 Å². The summed E-state index contributed by atoms with van der Waals surface area (Å²) in [7, 11) is 0. The molecule has 1 heterocycles. The second-order valence-corrected chi connectivity index (χ2v) is 7.93. The number of hydrogen-bond acceptors (Lipinski definition) is 4. The highest BCUT2D eigenvalue weighted by Gasteiger charge is 2.27. The van der Waals surface area contributed by atoms with Crippen molar-refractivity contribution in [2.45, 2.75) is 39.2 Å². The van der Waals surface area contributed by atoms with E-state index in [4.69, 9.17) is 4.74 Å². The summed E-state index contributed by atoms with van der Waals surface area (Å²) in [6, 6.07) is 14.4. The van der Waals surface area contributed by atoms with Gasteiger partial charge in [0, 0.05) is 31.9 Å². The van der Waals surface area contributed by atoms with Gasteiger partial charge in [-0.3, -0.25) is 9.69 Å². The number of nitrogens with one attached hydrogen (secondary N) is 1. The highest BCUT2D eigenvalue weighted by atomic mass is 16.5. The molecule has 0 spiro atoms. The molecule has 2 aliphatic rings. The predicted molar refractivity (Wildman–Crippen MR) is 118 cm³/mol. The van der Waals surface area contributed by atoms with Gasteiger partial charge in [0.15, 0.2) is 0 Å². The molecule has 0 bridgehead atoms. The summed E-state index contributed by atoms with van der Waals surface area (Å²) in [4.78, 5) is 17.4. The van der Waals surface area contributed by atoms with Gasteiger partial charge in [0.1, 0.15) is 5.75 Å². The summed E-state index contributed by atoms with van der Waals surface area (Å²) in [5.41, 5.74) is 4.88. The number of aryl methyl sites for hydroxylation is 2. The second-order valence-electron chi connectivity index (χ2n) is 7.93. The van der Waals surface area contributed by atoms with Gasteiger partial charge in [-0.2, -0.15) is 0 Å². The number of carbonyl (C=O) groups excluding carboxylic acids is 1. The molecule has 4 rings (SSSR count). The van der Waals surface area contributed by atoms with Crippen molar-refractivity contribution in [2.24, 2.45) is 0 Å². The van der Waals surface area contributed by atoms with Gasteiger partial charge < -0.3 is 15.0 Å². The molecular formula is C24H31N3O2. The normalized spacial score (nSPS) is 17.7. The van der Waals surface area contributed by atoms with Crippen LogP contribution in [0.25, 0.3) is 0 Å². The number of rotatable bonds is 6. The first-order valence-electron chi connectivity index (χ1n) is 10.8. The van der Waals surface area contributed by atoms with Crippen molar-refractivity contribution in [2.75, 3.05) is 43.0 Å². The van der Waals surface area contributed by atoms with E-state index >= 15 is 0 Å². The number of hydrogen-bond donors (Lipinski definition) is 1. The van der Waals surface area contributed by atoms with Crippen LogP contribution < -0.4 is 15.0 Å². The molecule has 0 unspecified atom stereocenters. The average molecular weight is 394 g/mol. The molecule has 2 aromatic carbocycles. The van der Waals surface area contributed by atoms with Crippen LogP contribution in [0.15, 0.2) is 42.5 Å². The van der Waals surface area contributed by atoms with Crippen LogP contribution in [0, 0.1) is 0 Å². The molecule has 1 saturated heterocycles. The second kappa shape index (κ2) is 8.87. The Morgan fingerprint density at radius 3 is 2.62 bits per heavy atom. The summed E-state index contributed by atoms with van der Waals surface area (Å²) in [6.07, 6.45) is 3.51. The number of fused-ring (bicyclic) bond motifs is 1. The van der Waals surface area contributed by atoms with Gasteiger partial charge in [-0.1, -0.05) is 18.2 Å². The minimum atomic E-state index is -0.146. The maximum atomic E-state index is 12.8. The van der Waals surface area contributed by atoms with E-state index in [-0.39, 0.29) is 11.9 Å². The average Bonchev–Trinajstić information content (AvgIpc) is 3.22. The topological polar surface area (TPSA) is 44.8 Å². The molecule has 1 fully saturated rings. The molecule has 2 aromatic rings. The fraction of sp³-hybridized carbons (Fsp3) is 0.458. The van der Waals surface area contributed by atoms with Crippen LogP contribution in [0.4, 0.5) is 11.4 Å². The first-order valence-corrected chi connectivity index (χ1v) is 10.8. The van der Waals surface area contributed by atoms with Gasteiger partial charge >= 0.3 is 0 Å². The van der Waals surface area contributed by atoms with E-state index in [0.717, 1.165) is 56.1 Å². The van der Waals surface area contributed by atoms with E-state index in [1.807, 2.05) is 32.0 Å². The smallest absolute Gasteiger partial charge is 0.241 e. The molecule has 0 radical (unpaired) electrons. The quantitative estimate of drug-likeness (QED) is 0.812. The van der Waals surface area contributed by atoms with Crippen molar-refractivity contribution in [1.82, 2.24) is 4.90 Å². The van der Waals surface area contributed by atoms with Crippen molar-refractivity contribution in [3.63, 3.8) is 0 Å². The third kappa shape index (κ3) is 4.40. The molecule has 1 aliphatic carbocycles. The zero-order valence-electron chi connectivity index (χ0n) is 17.5. The number of benzene rings is 2. The van der Waals surface area contributed by atoms with Crippen molar-refractivity contribution in [1.29, 1.82) is 0 Å². The van der Waals surface area contributed by atoms with Crippen molar-refractivity contribution < 1.29 is 9.53 Å². The molecule has 1 N–H and O–H groups in total. The van der Waals surface area contributed by atoms with Gasteiger partial charge in [-0.15, -0.1) is 0 Å². The Hall–Kier alpha value is -2.53. The molecule has 0 saturated carbocycles. The molecule has 154 valence electrons. The van der Waals surface area contributed by atoms with Crippen LogP contribution in [0.2, 0.25) is 0 Å². The van der Waals surface area contributed by atoms with Gasteiger partial charge in [0.25, 0.3) is 0 Å². The van der Waals surface area contributed by atoms with Crippen molar-refractivity contribution in [3.8, 4) is 5.75 Å². The Kier molecular flexibility index (Phi) is 6.05. The zero-order valence-corrected chi connectivity index (χ0v) is 17.5. The number of para-hydroxylation sites is 2. The van der Waals surface area contributed by atoms with Gasteiger partial charge in [-0.05, 0) is 68.5 Å². The summed E-state index contributed by atoms with van der Waals surface area (Å²) in [5, 5.41) is 3.12. The van der Waals surface area contributed by atoms with Crippen molar-refractivity contribution >= 4 is 17.3 Å². The predicted octanol–water partition coefficient (Wildman–Crippen LogP) is 3.72. The zero-order chi connectivity index (χ0) is 20.2. The molecule has 5 heteroatoms. The third-order valence-electron chi connectivity index (χ3n) is 6.11. The van der Waals surface area contributed by atoms with E-state index in [1.165, 1.54) is 17.5 Å². The first-order chi connectivity index (χ1) is 14.2. The van der Waals surface area contributed by atoms with E-state index in [0.29, 0.717) is 6.61 Å². The maximum Gasteiger partial charge on any atom is 0.241 e. The van der Waals surface area contributed by atoms with Crippen LogP contribution in [-0.4, -0.2) is 49.6 Å². The number of amides is 1. The number of anilines is 2. The first kappa shape index (κ1) is 19.8. The van der Waals surface area contributed by atoms with E-state index in [1.54, 1.807) is 0 Å². The summed E-state index contributed by atoms with van der Waals surface area (Å²) in [6.45, 7) is 8.18. The minimum absolute atomic E-state index is 0.0751. The van der Waals surface area contributed by atoms with E-state index in [2.05, 4.69) is 39.4 Å². The highest BCUT2D eigenvalue weighted by molar-refractivity contribution is 5.94. The van der Waals surface area contributed by atoms with E-state index in [9.17, 15) is 4.79 Å². The molecule has 1 amide bonds. The number of piperazine rings is 1. The Bertz CT molecular complexity index is 859. The molecular weight excluding hydrogens is 362 g/mol. The summed E-state index contributed by atoms with van der Waals surface area (Å²) >= 11 is 0. The Morgan fingerprint density at radius 1 is 1.07 bits per heavy atom. The molecule has 5 nitrogen and oxygen atoms in total. The lowest BCUT2D eigenvalue weighted by Gasteiger charge is -2.39. The maximum absolute atomic E-state index is 12.8. The lowest BCUT2D eigenvalue weighted by molar-refractivity contribution is -0.120. The largest absolute Gasteiger partial charge is 0.492 e. The lowest BCUT2D eigenvalue weighted by Crippen LogP contribution is -2.52. The molecule has 0 aromatic heterocycles. The third-order valence-corrected chi connectivity index (χ3v) is 6.11. The lowest BCUT2D eigenvalue weighted by atomic mass is 10.1. The standard InChI is InChI=1S/C24H31N3O2/c1-3-29-23-10-5-4-9-22(23)27-15-13-26(14-16-27)18(2)24(28)25-21-12-11-19-7-6-8-20(19)17-21/h4-5,9-12,17-18H,3,6-8,13-16H2,1-2H3,(H,25,28)/t18-/m1/s1. The monoisotopic (exact) mass is 393 g/mol. The fourth-order valence-corrected chi connectivity index (χ4v) is 4.41. The van der Waals surface area contributed by atoms with E-state index < -0.39 is 0 Å². The van der Waals surface area contributed by atoms with Crippen LogP contribution >= 0.6 is 0 Å². The Balaban J connectivity index is 1.34. The number of ether oxygens (including phenoxy) is 1. The van der Waals surface area contributed by atoms with Gasteiger partial charge in [0.05, 0.1) is 18.3 Å². The number of carbonyl (C=O) groups is 1. The summed E-state index contributed by atoms with van der Waals surface area (Å²) in [5.74, 6) is 1.01. The van der Waals surface area contributed by atoms with Crippen LogP contribution in [0.1, 0.15) is 31.4 Å². The van der Waals surface area contributed by atoms with Crippen LogP contribution in [0.5, 0.6) is 5.75 Å². The molecule has 29 heavy (non-hydrogen) atoms. The SMILES string of the molecule is CCOc1ccccc1N1CCN([C@H](C)C(=O)Nc2ccc3c(c2)CCC3)CC1. The fourth-order valence-electron chi connectivity index (χ4n) is 4.41. The Morgan fingerprint density at radius 2 is 1.83 bits per heavy atom. The van der Waals surface area contributed by atoms with Crippen LogP contribution in [0.3, 0.4) is 0 Å². The van der Waals surface area contributed by atoms with Gasteiger partial charge in [0.2, 0.25) is 5.91 Å². The van der Waals surface area contributed by atoms with Gasteiger partial charge in [-0.25, -0.2) is 0 Å². The highest BCUT2D eigenvalue weighted by Crippen LogP contribution is 2.29.